The van der Waals surface area contributed by atoms with Gasteiger partial charge in [0.2, 0.25) is 5.95 Å². The molecule has 6 heteroatoms. The van der Waals surface area contributed by atoms with Gasteiger partial charge in [-0.3, -0.25) is 4.79 Å². The topological polar surface area (TPSA) is 92.9 Å². The van der Waals surface area contributed by atoms with Gasteiger partial charge in [-0.1, -0.05) is 0 Å². The first-order chi connectivity index (χ1) is 7.63. The van der Waals surface area contributed by atoms with Crippen molar-refractivity contribution >= 4 is 11.9 Å². The van der Waals surface area contributed by atoms with E-state index in [9.17, 15) is 4.79 Å². The highest BCUT2D eigenvalue weighted by Gasteiger charge is 2.07. The zero-order chi connectivity index (χ0) is 12.0. The van der Waals surface area contributed by atoms with E-state index in [1.54, 1.807) is 12.3 Å². The molecule has 0 aromatic carbocycles. The molecule has 0 aliphatic carbocycles. The average molecular weight is 223 g/mol. The third-order valence-corrected chi connectivity index (χ3v) is 1.74. The monoisotopic (exact) mass is 223 g/mol. The van der Waals surface area contributed by atoms with Crippen molar-refractivity contribution in [1.29, 1.82) is 0 Å². The van der Waals surface area contributed by atoms with E-state index in [2.05, 4.69) is 20.6 Å². The minimum atomic E-state index is -0.236. The quantitative estimate of drug-likeness (QED) is 0.652. The molecule has 1 rings (SSSR count). The predicted molar refractivity (Wildman–Crippen MR) is 62.2 cm³/mol. The van der Waals surface area contributed by atoms with Gasteiger partial charge in [0, 0.05) is 25.3 Å². The van der Waals surface area contributed by atoms with Gasteiger partial charge in [-0.15, -0.1) is 0 Å². The van der Waals surface area contributed by atoms with Gasteiger partial charge in [0.1, 0.15) is 5.69 Å². The lowest BCUT2D eigenvalue weighted by molar-refractivity contribution is 0.0949. The molecule has 0 saturated heterocycles. The van der Waals surface area contributed by atoms with Gasteiger partial charge < -0.3 is 16.4 Å². The number of anilines is 1. The molecular weight excluding hydrogens is 206 g/mol. The van der Waals surface area contributed by atoms with Crippen molar-refractivity contribution in [3.8, 4) is 0 Å². The maximum absolute atomic E-state index is 11.6. The first-order valence-corrected chi connectivity index (χ1v) is 5.21. The number of hydrogen-bond donors (Lipinski definition) is 3. The summed E-state index contributed by atoms with van der Waals surface area (Å²) in [5, 5.41) is 5.68. The lowest BCUT2D eigenvalue weighted by atomic mass is 10.3. The maximum Gasteiger partial charge on any atom is 0.270 e. The van der Waals surface area contributed by atoms with Crippen molar-refractivity contribution in [2.75, 3.05) is 18.4 Å². The van der Waals surface area contributed by atoms with Crippen LogP contribution in [0, 0.1) is 0 Å². The standard InChI is InChI=1S/C10H17N5O/c1-7(2)14-10-13-5-3-8(15-10)9(16)12-6-4-11/h3,5,7H,4,6,11H2,1-2H3,(H,12,16)(H,13,14,15). The number of aromatic nitrogens is 2. The molecule has 1 aromatic heterocycles. The number of amides is 1. The van der Waals surface area contributed by atoms with Gasteiger partial charge in [-0.05, 0) is 19.9 Å². The van der Waals surface area contributed by atoms with Gasteiger partial charge >= 0.3 is 0 Å². The van der Waals surface area contributed by atoms with Gasteiger partial charge in [0.05, 0.1) is 0 Å². The second-order valence-corrected chi connectivity index (χ2v) is 3.61. The highest BCUT2D eigenvalue weighted by Crippen LogP contribution is 2.01. The van der Waals surface area contributed by atoms with Crippen LogP contribution in [0.15, 0.2) is 12.3 Å². The molecule has 0 bridgehead atoms. The average Bonchev–Trinajstić information content (AvgIpc) is 2.25. The molecule has 0 aliphatic rings. The molecule has 88 valence electrons. The molecule has 0 atom stereocenters. The van der Waals surface area contributed by atoms with E-state index in [-0.39, 0.29) is 11.9 Å². The molecule has 0 radical (unpaired) electrons. The number of rotatable bonds is 5. The summed E-state index contributed by atoms with van der Waals surface area (Å²) in [6.45, 7) is 4.80. The molecule has 1 amide bonds. The number of nitrogens with one attached hydrogen (secondary N) is 2. The highest BCUT2D eigenvalue weighted by molar-refractivity contribution is 5.92. The smallest absolute Gasteiger partial charge is 0.270 e. The van der Waals surface area contributed by atoms with Crippen molar-refractivity contribution in [3.63, 3.8) is 0 Å². The fraction of sp³-hybridized carbons (Fsp3) is 0.500. The Labute approximate surface area is 94.7 Å². The Morgan fingerprint density at radius 3 is 2.94 bits per heavy atom. The number of nitrogens with two attached hydrogens (primary N) is 1. The summed E-state index contributed by atoms with van der Waals surface area (Å²) in [7, 11) is 0. The van der Waals surface area contributed by atoms with Crippen molar-refractivity contribution < 1.29 is 4.79 Å². The van der Waals surface area contributed by atoms with Crippen LogP contribution in [0.5, 0.6) is 0 Å². The lowest BCUT2D eigenvalue weighted by Gasteiger charge is -2.08. The summed E-state index contributed by atoms with van der Waals surface area (Å²) in [5.41, 5.74) is 5.63. The summed E-state index contributed by atoms with van der Waals surface area (Å²) in [6.07, 6.45) is 1.55. The maximum atomic E-state index is 11.6. The predicted octanol–water partition coefficient (Wildman–Crippen LogP) is -0.0146. The largest absolute Gasteiger partial charge is 0.352 e. The highest BCUT2D eigenvalue weighted by atomic mass is 16.1. The van der Waals surface area contributed by atoms with E-state index in [0.29, 0.717) is 24.7 Å². The van der Waals surface area contributed by atoms with Crippen LogP contribution in [0.4, 0.5) is 5.95 Å². The molecule has 4 N–H and O–H groups in total. The minimum absolute atomic E-state index is 0.224. The van der Waals surface area contributed by atoms with E-state index in [1.165, 1.54) is 0 Å². The van der Waals surface area contributed by atoms with Crippen LogP contribution < -0.4 is 16.4 Å². The number of hydrogen-bond acceptors (Lipinski definition) is 5. The van der Waals surface area contributed by atoms with Gasteiger partial charge in [-0.25, -0.2) is 9.97 Å². The normalized spacial score (nSPS) is 10.2. The Kier molecular flexibility index (Phi) is 4.65. The third-order valence-electron chi connectivity index (χ3n) is 1.74. The number of nitrogens with zero attached hydrogens (tertiary/aromatic N) is 2. The molecule has 0 spiro atoms. The fourth-order valence-electron chi connectivity index (χ4n) is 1.09. The molecule has 0 fully saturated rings. The van der Waals surface area contributed by atoms with E-state index in [1.807, 2.05) is 13.8 Å². The summed E-state index contributed by atoms with van der Waals surface area (Å²) in [4.78, 5) is 19.7. The van der Waals surface area contributed by atoms with Crippen molar-refractivity contribution in [2.45, 2.75) is 19.9 Å². The molecule has 1 heterocycles. The Hall–Kier alpha value is -1.69. The molecule has 0 aliphatic heterocycles. The SMILES string of the molecule is CC(C)Nc1nccc(C(=O)NCCN)n1. The lowest BCUT2D eigenvalue weighted by Crippen LogP contribution is -2.30. The Bertz CT molecular complexity index is 353. The van der Waals surface area contributed by atoms with Gasteiger partial charge in [0.15, 0.2) is 0 Å². The molecule has 0 saturated carbocycles. The summed E-state index contributed by atoms with van der Waals surface area (Å²) < 4.78 is 0. The Morgan fingerprint density at radius 1 is 1.56 bits per heavy atom. The summed E-state index contributed by atoms with van der Waals surface area (Å²) in [5.74, 6) is 0.218. The van der Waals surface area contributed by atoms with E-state index < -0.39 is 0 Å². The minimum Gasteiger partial charge on any atom is -0.352 e. The number of carbonyl (C=O) groups excluding carboxylic acids is 1. The molecule has 16 heavy (non-hydrogen) atoms. The Balaban J connectivity index is 2.69. The second kappa shape index (κ2) is 6.02. The summed E-state index contributed by atoms with van der Waals surface area (Å²) >= 11 is 0. The van der Waals surface area contributed by atoms with Crippen LogP contribution in [0.3, 0.4) is 0 Å². The van der Waals surface area contributed by atoms with Gasteiger partial charge in [0.25, 0.3) is 5.91 Å². The van der Waals surface area contributed by atoms with Crippen LogP contribution in [0.25, 0.3) is 0 Å². The zero-order valence-corrected chi connectivity index (χ0v) is 9.53. The molecule has 0 unspecified atom stereocenters. The van der Waals surface area contributed by atoms with E-state index in [4.69, 9.17) is 5.73 Å². The van der Waals surface area contributed by atoms with E-state index in [0.717, 1.165) is 0 Å². The van der Waals surface area contributed by atoms with Crippen LogP contribution in [-0.4, -0.2) is 35.0 Å². The van der Waals surface area contributed by atoms with Crippen LogP contribution >= 0.6 is 0 Å². The molecule has 1 aromatic rings. The van der Waals surface area contributed by atoms with Crippen LogP contribution in [-0.2, 0) is 0 Å². The van der Waals surface area contributed by atoms with Crippen LogP contribution in [0.1, 0.15) is 24.3 Å². The van der Waals surface area contributed by atoms with Crippen molar-refractivity contribution in [1.82, 2.24) is 15.3 Å². The summed E-state index contributed by atoms with van der Waals surface area (Å²) in [6, 6.07) is 1.79. The van der Waals surface area contributed by atoms with Crippen molar-refractivity contribution in [2.24, 2.45) is 5.73 Å². The molecular formula is C10H17N5O. The first-order valence-electron chi connectivity index (χ1n) is 5.21. The molecule has 6 nitrogen and oxygen atoms in total. The van der Waals surface area contributed by atoms with Crippen LogP contribution in [0.2, 0.25) is 0 Å². The van der Waals surface area contributed by atoms with E-state index >= 15 is 0 Å². The zero-order valence-electron chi connectivity index (χ0n) is 9.53. The second-order valence-electron chi connectivity index (χ2n) is 3.61. The third kappa shape index (κ3) is 3.82. The Morgan fingerprint density at radius 2 is 2.31 bits per heavy atom. The number of carbonyl (C=O) groups is 1. The fourth-order valence-corrected chi connectivity index (χ4v) is 1.09. The first kappa shape index (κ1) is 12.4. The van der Waals surface area contributed by atoms with Crippen molar-refractivity contribution in [3.05, 3.63) is 18.0 Å². The van der Waals surface area contributed by atoms with Gasteiger partial charge in [-0.2, -0.15) is 0 Å².